The minimum atomic E-state index is 0.0768. The summed E-state index contributed by atoms with van der Waals surface area (Å²) in [6, 6.07) is 10.0. The van der Waals surface area contributed by atoms with Crippen molar-refractivity contribution in [1.29, 1.82) is 0 Å². The number of aliphatic imine (C=N–C) groups is 1. The smallest absolute Gasteiger partial charge is 0.126 e. The van der Waals surface area contributed by atoms with Crippen molar-refractivity contribution in [3.8, 4) is 5.75 Å². The highest BCUT2D eigenvalue weighted by Gasteiger charge is 2.18. The van der Waals surface area contributed by atoms with Crippen LogP contribution in [0.5, 0.6) is 5.75 Å². The number of nitrogens with zero attached hydrogens (tertiary/aromatic N) is 2. The van der Waals surface area contributed by atoms with Crippen LogP contribution in [0, 0.1) is 0 Å². The van der Waals surface area contributed by atoms with E-state index in [0.29, 0.717) is 19.7 Å². The number of aromatic nitrogens is 1. The second-order valence-corrected chi connectivity index (χ2v) is 5.00. The van der Waals surface area contributed by atoms with Crippen LogP contribution < -0.4 is 10.1 Å². The molecule has 3 rings (SSSR count). The molecule has 0 amide bonds. The molecule has 0 aliphatic carbocycles. The van der Waals surface area contributed by atoms with E-state index in [-0.39, 0.29) is 6.61 Å². The van der Waals surface area contributed by atoms with Crippen LogP contribution in [0.4, 0.5) is 5.82 Å². The summed E-state index contributed by atoms with van der Waals surface area (Å²) in [7, 11) is 0. The molecule has 1 aromatic carbocycles. The van der Waals surface area contributed by atoms with Crippen molar-refractivity contribution in [2.45, 2.75) is 13.5 Å². The summed E-state index contributed by atoms with van der Waals surface area (Å²) < 4.78 is 5.58. The molecule has 0 radical (unpaired) electrons. The van der Waals surface area contributed by atoms with Crippen LogP contribution in [0.15, 0.2) is 41.5 Å². The number of anilines is 1. The van der Waals surface area contributed by atoms with Gasteiger partial charge in [-0.1, -0.05) is 6.07 Å². The molecule has 2 heterocycles. The average molecular weight is 297 g/mol. The first-order valence-electron chi connectivity index (χ1n) is 7.43. The molecule has 1 aliphatic heterocycles. The standard InChI is InChI=1S/C17H19N3O2/c1-2-22-14-4-3-13-11-20-17(15(13)10-14)12-5-6-18-16(9-12)19-7-8-21/h3-6,9-10,21H,2,7-8,11H2,1H3,(H,18,19). The van der Waals surface area contributed by atoms with Crippen LogP contribution >= 0.6 is 0 Å². The van der Waals surface area contributed by atoms with Gasteiger partial charge in [0.25, 0.3) is 0 Å². The highest BCUT2D eigenvalue weighted by atomic mass is 16.5. The van der Waals surface area contributed by atoms with Crippen molar-refractivity contribution in [2.24, 2.45) is 4.99 Å². The van der Waals surface area contributed by atoms with Crippen molar-refractivity contribution in [1.82, 2.24) is 4.98 Å². The molecule has 5 heteroatoms. The fourth-order valence-electron chi connectivity index (χ4n) is 2.53. The van der Waals surface area contributed by atoms with Gasteiger partial charge in [-0.25, -0.2) is 4.98 Å². The van der Waals surface area contributed by atoms with Gasteiger partial charge in [0.05, 0.1) is 25.5 Å². The largest absolute Gasteiger partial charge is 0.494 e. The highest BCUT2D eigenvalue weighted by Crippen LogP contribution is 2.27. The lowest BCUT2D eigenvalue weighted by atomic mass is 10.0. The Hall–Kier alpha value is -2.40. The Kier molecular flexibility index (Phi) is 4.34. The minimum absolute atomic E-state index is 0.0768. The fraction of sp³-hybridized carbons (Fsp3) is 0.294. The Bertz CT molecular complexity index is 698. The van der Waals surface area contributed by atoms with Gasteiger partial charge >= 0.3 is 0 Å². The molecule has 114 valence electrons. The van der Waals surface area contributed by atoms with Crippen LogP contribution in [-0.2, 0) is 6.54 Å². The van der Waals surface area contributed by atoms with E-state index >= 15 is 0 Å². The zero-order valence-electron chi connectivity index (χ0n) is 12.5. The third kappa shape index (κ3) is 2.94. The van der Waals surface area contributed by atoms with Crippen molar-refractivity contribution in [3.63, 3.8) is 0 Å². The number of hydrogen-bond acceptors (Lipinski definition) is 5. The summed E-state index contributed by atoms with van der Waals surface area (Å²) in [5, 5.41) is 12.0. The van der Waals surface area contributed by atoms with Crippen LogP contribution in [0.25, 0.3) is 0 Å². The predicted octanol–water partition coefficient (Wildman–Crippen LogP) is 2.24. The molecule has 0 saturated carbocycles. The summed E-state index contributed by atoms with van der Waals surface area (Å²) >= 11 is 0. The summed E-state index contributed by atoms with van der Waals surface area (Å²) in [4.78, 5) is 8.90. The molecule has 0 saturated heterocycles. The van der Waals surface area contributed by atoms with E-state index in [0.717, 1.165) is 28.4 Å². The molecule has 1 aromatic heterocycles. The van der Waals surface area contributed by atoms with Crippen LogP contribution in [0.1, 0.15) is 23.6 Å². The molecule has 0 spiro atoms. The van der Waals surface area contributed by atoms with Gasteiger partial charge < -0.3 is 15.2 Å². The highest BCUT2D eigenvalue weighted by molar-refractivity contribution is 6.15. The molecule has 2 N–H and O–H groups in total. The molecule has 0 atom stereocenters. The van der Waals surface area contributed by atoms with Crippen molar-refractivity contribution in [2.75, 3.05) is 25.1 Å². The lowest BCUT2D eigenvalue weighted by molar-refractivity contribution is 0.311. The number of aliphatic hydroxyl groups excluding tert-OH is 1. The van der Waals surface area contributed by atoms with E-state index in [1.54, 1.807) is 6.20 Å². The first-order chi connectivity index (χ1) is 10.8. The lowest BCUT2D eigenvalue weighted by Gasteiger charge is -2.09. The molecule has 22 heavy (non-hydrogen) atoms. The van der Waals surface area contributed by atoms with Gasteiger partial charge in [0, 0.05) is 23.9 Å². The quantitative estimate of drug-likeness (QED) is 0.858. The maximum absolute atomic E-state index is 8.89. The second-order valence-electron chi connectivity index (χ2n) is 5.00. The molecule has 0 bridgehead atoms. The van der Waals surface area contributed by atoms with Gasteiger partial charge in [0.15, 0.2) is 0 Å². The summed E-state index contributed by atoms with van der Waals surface area (Å²) in [5.74, 6) is 1.60. The van der Waals surface area contributed by atoms with E-state index in [1.807, 2.05) is 31.2 Å². The van der Waals surface area contributed by atoms with Crippen molar-refractivity contribution in [3.05, 3.63) is 53.2 Å². The molecule has 0 unspecified atom stereocenters. The average Bonchev–Trinajstić information content (AvgIpc) is 2.97. The third-order valence-corrected chi connectivity index (χ3v) is 3.51. The molecular formula is C17H19N3O2. The molecular weight excluding hydrogens is 278 g/mol. The van der Waals surface area contributed by atoms with Gasteiger partial charge in [-0.05, 0) is 36.8 Å². The maximum Gasteiger partial charge on any atom is 0.126 e. The number of pyridine rings is 1. The molecule has 1 aliphatic rings. The van der Waals surface area contributed by atoms with Crippen LogP contribution in [0.2, 0.25) is 0 Å². The van der Waals surface area contributed by atoms with Crippen molar-refractivity contribution < 1.29 is 9.84 Å². The Morgan fingerprint density at radius 1 is 1.27 bits per heavy atom. The number of ether oxygens (including phenoxy) is 1. The van der Waals surface area contributed by atoms with Crippen molar-refractivity contribution >= 4 is 11.5 Å². The molecule has 5 nitrogen and oxygen atoms in total. The third-order valence-electron chi connectivity index (χ3n) is 3.51. The SMILES string of the molecule is CCOc1ccc2c(c1)C(c1ccnc(NCCO)c1)=NC2. The first kappa shape index (κ1) is 14.5. The van der Waals surface area contributed by atoms with Crippen LogP contribution in [0.3, 0.4) is 0 Å². The number of aliphatic hydroxyl groups is 1. The van der Waals surface area contributed by atoms with Gasteiger partial charge in [-0.3, -0.25) is 4.99 Å². The van der Waals surface area contributed by atoms with Gasteiger partial charge in [0.1, 0.15) is 11.6 Å². The number of rotatable bonds is 6. The number of benzene rings is 1. The summed E-state index contributed by atoms with van der Waals surface area (Å²) in [5.41, 5.74) is 4.30. The predicted molar refractivity (Wildman–Crippen MR) is 86.8 cm³/mol. The van der Waals surface area contributed by atoms with E-state index in [4.69, 9.17) is 9.84 Å². The van der Waals surface area contributed by atoms with E-state index in [9.17, 15) is 0 Å². The van der Waals surface area contributed by atoms with E-state index in [2.05, 4.69) is 21.4 Å². The normalized spacial score (nSPS) is 12.7. The molecule has 0 fully saturated rings. The van der Waals surface area contributed by atoms with Gasteiger partial charge in [0.2, 0.25) is 0 Å². The molecule has 2 aromatic rings. The summed E-state index contributed by atoms with van der Waals surface area (Å²) in [6.45, 7) is 3.88. The second kappa shape index (κ2) is 6.58. The Labute approximate surface area is 129 Å². The maximum atomic E-state index is 8.89. The Morgan fingerprint density at radius 3 is 3.00 bits per heavy atom. The summed E-state index contributed by atoms with van der Waals surface area (Å²) in [6.07, 6.45) is 1.75. The topological polar surface area (TPSA) is 66.7 Å². The zero-order chi connectivity index (χ0) is 15.4. The monoisotopic (exact) mass is 297 g/mol. The number of fused-ring (bicyclic) bond motifs is 1. The number of nitrogens with one attached hydrogen (secondary N) is 1. The Balaban J connectivity index is 1.90. The minimum Gasteiger partial charge on any atom is -0.494 e. The number of hydrogen-bond donors (Lipinski definition) is 2. The lowest BCUT2D eigenvalue weighted by Crippen LogP contribution is -2.08. The fourth-order valence-corrected chi connectivity index (χ4v) is 2.53. The van der Waals surface area contributed by atoms with E-state index in [1.165, 1.54) is 5.56 Å². The van der Waals surface area contributed by atoms with Gasteiger partial charge in [-0.2, -0.15) is 0 Å². The van der Waals surface area contributed by atoms with E-state index < -0.39 is 0 Å². The zero-order valence-corrected chi connectivity index (χ0v) is 12.5. The van der Waals surface area contributed by atoms with Crippen LogP contribution in [-0.4, -0.2) is 35.6 Å². The Morgan fingerprint density at radius 2 is 2.18 bits per heavy atom. The first-order valence-corrected chi connectivity index (χ1v) is 7.43. The van der Waals surface area contributed by atoms with Gasteiger partial charge in [-0.15, -0.1) is 0 Å².